The van der Waals surface area contributed by atoms with Gasteiger partial charge in [0.05, 0.1) is 0 Å². The lowest BCUT2D eigenvalue weighted by Crippen LogP contribution is -2.66. The molecule has 1 saturated carbocycles. The maximum atomic E-state index is 12.8. The van der Waals surface area contributed by atoms with Crippen LogP contribution in [0.15, 0.2) is 0 Å². The Morgan fingerprint density at radius 2 is 1.75 bits per heavy atom. The average Bonchev–Trinajstić information content (AvgIpc) is 2.42. The predicted molar refractivity (Wildman–Crippen MR) is 74.8 cm³/mol. The average molecular weight is 280 g/mol. The van der Waals surface area contributed by atoms with E-state index in [1.807, 2.05) is 13.8 Å². The molecule has 112 valence electrons. The molecule has 5 nitrogen and oxygen atoms in total. The van der Waals surface area contributed by atoms with Crippen LogP contribution in [0.3, 0.4) is 0 Å². The smallest absolute Gasteiger partial charge is 0.277 e. The second kappa shape index (κ2) is 5.54. The molecule has 0 aromatic heterocycles. The zero-order valence-corrected chi connectivity index (χ0v) is 12.6. The molecule has 0 aromatic rings. The first-order valence-electron chi connectivity index (χ1n) is 7.67. The maximum absolute atomic E-state index is 12.8. The van der Waals surface area contributed by atoms with Gasteiger partial charge >= 0.3 is 6.03 Å². The molecule has 2 rings (SSSR count). The van der Waals surface area contributed by atoms with Gasteiger partial charge in [0.25, 0.3) is 0 Å². The summed E-state index contributed by atoms with van der Waals surface area (Å²) < 4.78 is 0. The quantitative estimate of drug-likeness (QED) is 0.807. The van der Waals surface area contributed by atoms with E-state index in [1.54, 1.807) is 0 Å². The normalized spacial score (nSPS) is 30.4. The lowest BCUT2D eigenvalue weighted by molar-refractivity contribution is -0.154. The number of rotatable bonds is 3. The van der Waals surface area contributed by atoms with E-state index >= 15 is 0 Å². The monoisotopic (exact) mass is 280 g/mol. The molecule has 0 bridgehead atoms. The molecule has 1 heterocycles. The van der Waals surface area contributed by atoms with Gasteiger partial charge in [0, 0.05) is 6.04 Å². The number of barbiturate groups is 1. The Morgan fingerprint density at radius 3 is 2.30 bits per heavy atom. The molecule has 1 aliphatic heterocycles. The van der Waals surface area contributed by atoms with Crippen molar-refractivity contribution in [3.05, 3.63) is 0 Å². The number of urea groups is 1. The van der Waals surface area contributed by atoms with Crippen LogP contribution in [0, 0.1) is 11.3 Å². The van der Waals surface area contributed by atoms with Crippen LogP contribution in [-0.4, -0.2) is 28.8 Å². The number of imide groups is 2. The Labute approximate surface area is 120 Å². The molecule has 1 aliphatic carbocycles. The van der Waals surface area contributed by atoms with Gasteiger partial charge in [-0.25, -0.2) is 4.79 Å². The zero-order chi connectivity index (χ0) is 14.9. The van der Waals surface area contributed by atoms with E-state index in [9.17, 15) is 14.4 Å². The summed E-state index contributed by atoms with van der Waals surface area (Å²) in [5.41, 5.74) is -1.06. The highest BCUT2D eigenvalue weighted by Crippen LogP contribution is 2.37. The molecular formula is C15H24N2O3. The second-order valence-electron chi connectivity index (χ2n) is 6.05. The number of amides is 4. The van der Waals surface area contributed by atoms with Crippen LogP contribution in [0.5, 0.6) is 0 Å². The maximum Gasteiger partial charge on any atom is 0.331 e. The van der Waals surface area contributed by atoms with Crippen molar-refractivity contribution in [2.24, 2.45) is 11.3 Å². The Kier molecular flexibility index (Phi) is 4.16. The predicted octanol–water partition coefficient (Wildman–Crippen LogP) is 2.45. The Balaban J connectivity index is 2.34. The standard InChI is InChI=1S/C15H24N2O3/c1-4-15(5-2)12(18)16-14(20)17(13(15)19)11-9-7-6-8-10(11)3/h10-11H,4-9H2,1-3H3,(H,16,18,20). The molecule has 5 heteroatoms. The number of hydrogen-bond acceptors (Lipinski definition) is 3. The third-order valence-corrected chi connectivity index (χ3v) is 5.11. The fourth-order valence-electron chi connectivity index (χ4n) is 3.55. The Bertz CT molecular complexity index is 429. The van der Waals surface area contributed by atoms with Gasteiger partial charge < -0.3 is 0 Å². The van der Waals surface area contributed by atoms with Crippen LogP contribution >= 0.6 is 0 Å². The molecule has 0 radical (unpaired) electrons. The molecule has 0 spiro atoms. The first-order valence-corrected chi connectivity index (χ1v) is 7.67. The topological polar surface area (TPSA) is 66.5 Å². The number of hydrogen-bond donors (Lipinski definition) is 1. The summed E-state index contributed by atoms with van der Waals surface area (Å²) in [7, 11) is 0. The minimum absolute atomic E-state index is 0.0678. The van der Waals surface area contributed by atoms with E-state index in [0.29, 0.717) is 18.8 Å². The van der Waals surface area contributed by atoms with Gasteiger partial charge in [-0.05, 0) is 31.6 Å². The van der Waals surface area contributed by atoms with Crippen molar-refractivity contribution in [1.82, 2.24) is 10.2 Å². The fraction of sp³-hybridized carbons (Fsp3) is 0.800. The summed E-state index contributed by atoms with van der Waals surface area (Å²) in [5, 5.41) is 2.40. The van der Waals surface area contributed by atoms with E-state index in [1.165, 1.54) is 4.90 Å². The lowest BCUT2D eigenvalue weighted by atomic mass is 9.76. The number of carbonyl (C=O) groups is 3. The first kappa shape index (κ1) is 15.0. The summed E-state index contributed by atoms with van der Waals surface area (Å²) in [6.45, 7) is 5.75. The third kappa shape index (κ3) is 2.13. The van der Waals surface area contributed by atoms with Crippen molar-refractivity contribution >= 4 is 17.8 Å². The summed E-state index contributed by atoms with van der Waals surface area (Å²) in [4.78, 5) is 38.4. The van der Waals surface area contributed by atoms with Crippen molar-refractivity contribution in [2.45, 2.75) is 65.3 Å². The van der Waals surface area contributed by atoms with Gasteiger partial charge in [-0.1, -0.05) is 33.6 Å². The largest absolute Gasteiger partial charge is 0.331 e. The summed E-state index contributed by atoms with van der Waals surface area (Å²) in [6, 6.07) is -0.599. The van der Waals surface area contributed by atoms with Crippen molar-refractivity contribution in [1.29, 1.82) is 0 Å². The van der Waals surface area contributed by atoms with Crippen LogP contribution < -0.4 is 5.32 Å². The summed E-state index contributed by atoms with van der Waals surface area (Å²) in [5.74, 6) is -0.426. The lowest BCUT2D eigenvalue weighted by Gasteiger charge is -2.44. The minimum Gasteiger partial charge on any atom is -0.277 e. The van der Waals surface area contributed by atoms with E-state index < -0.39 is 17.4 Å². The summed E-state index contributed by atoms with van der Waals surface area (Å²) >= 11 is 0. The van der Waals surface area contributed by atoms with E-state index in [4.69, 9.17) is 0 Å². The molecular weight excluding hydrogens is 256 g/mol. The van der Waals surface area contributed by atoms with Crippen LogP contribution in [0.25, 0.3) is 0 Å². The molecule has 2 atom stereocenters. The number of nitrogens with zero attached hydrogens (tertiary/aromatic N) is 1. The molecule has 0 aromatic carbocycles. The molecule has 2 fully saturated rings. The van der Waals surface area contributed by atoms with Gasteiger partial charge in [0.2, 0.25) is 11.8 Å². The van der Waals surface area contributed by atoms with E-state index in [0.717, 1.165) is 25.7 Å². The SMILES string of the molecule is CCC1(CC)C(=O)NC(=O)N(C2CCCCC2C)C1=O. The number of nitrogens with one attached hydrogen (secondary N) is 1. The van der Waals surface area contributed by atoms with Gasteiger partial charge in [-0.15, -0.1) is 0 Å². The number of carbonyl (C=O) groups excluding carboxylic acids is 3. The molecule has 4 amide bonds. The van der Waals surface area contributed by atoms with Crippen LogP contribution in [0.1, 0.15) is 59.3 Å². The van der Waals surface area contributed by atoms with Crippen molar-refractivity contribution in [3.63, 3.8) is 0 Å². The van der Waals surface area contributed by atoms with Crippen molar-refractivity contribution < 1.29 is 14.4 Å². The molecule has 2 unspecified atom stereocenters. The van der Waals surface area contributed by atoms with Crippen LogP contribution in [0.4, 0.5) is 4.79 Å². The summed E-state index contributed by atoms with van der Waals surface area (Å²) in [6.07, 6.45) is 4.91. The van der Waals surface area contributed by atoms with Crippen molar-refractivity contribution in [3.8, 4) is 0 Å². The highest BCUT2D eigenvalue weighted by atomic mass is 16.2. The molecule has 20 heavy (non-hydrogen) atoms. The van der Waals surface area contributed by atoms with Gasteiger partial charge in [0.15, 0.2) is 0 Å². The molecule has 1 saturated heterocycles. The van der Waals surface area contributed by atoms with Crippen LogP contribution in [-0.2, 0) is 9.59 Å². The highest BCUT2D eigenvalue weighted by molar-refractivity contribution is 6.19. The first-order chi connectivity index (χ1) is 9.47. The fourth-order valence-corrected chi connectivity index (χ4v) is 3.55. The second-order valence-corrected chi connectivity index (χ2v) is 6.05. The zero-order valence-electron chi connectivity index (χ0n) is 12.6. The van der Waals surface area contributed by atoms with Gasteiger partial charge in [0.1, 0.15) is 5.41 Å². The highest BCUT2D eigenvalue weighted by Gasteiger charge is 2.53. The van der Waals surface area contributed by atoms with E-state index in [-0.39, 0.29) is 11.9 Å². The van der Waals surface area contributed by atoms with Crippen LogP contribution in [0.2, 0.25) is 0 Å². The van der Waals surface area contributed by atoms with Gasteiger partial charge in [-0.3, -0.25) is 19.8 Å². The van der Waals surface area contributed by atoms with Gasteiger partial charge in [-0.2, -0.15) is 0 Å². The molecule has 1 N–H and O–H groups in total. The molecule has 2 aliphatic rings. The van der Waals surface area contributed by atoms with E-state index in [2.05, 4.69) is 12.2 Å². The Morgan fingerprint density at radius 1 is 1.15 bits per heavy atom. The minimum atomic E-state index is -1.06. The van der Waals surface area contributed by atoms with Crippen molar-refractivity contribution in [2.75, 3.05) is 0 Å². The Hall–Kier alpha value is -1.39. The third-order valence-electron chi connectivity index (χ3n) is 5.11.